The molecule has 0 radical (unpaired) electrons. The molecule has 1 aromatic heterocycles. The van der Waals surface area contributed by atoms with Crippen LogP contribution < -0.4 is 15.6 Å². The highest BCUT2D eigenvalue weighted by Crippen LogP contribution is 2.38. The van der Waals surface area contributed by atoms with E-state index in [0.29, 0.717) is 34.6 Å². The molecule has 1 atom stereocenters. The van der Waals surface area contributed by atoms with Crippen LogP contribution in [-0.4, -0.2) is 22.5 Å². The molecule has 0 saturated heterocycles. The van der Waals surface area contributed by atoms with Gasteiger partial charge in [-0.05, 0) is 25.5 Å². The Balaban J connectivity index is 1.66. The molecule has 1 amide bonds. The Bertz CT molecular complexity index is 1130. The van der Waals surface area contributed by atoms with Gasteiger partial charge in [-0.3, -0.25) is 9.59 Å². The van der Waals surface area contributed by atoms with Gasteiger partial charge in [-0.2, -0.15) is 0 Å². The molecular formula is C23H23N3O3S. The Labute approximate surface area is 179 Å². The normalized spacial score (nSPS) is 15.4. The molecule has 30 heavy (non-hydrogen) atoms. The maximum absolute atomic E-state index is 13.0. The van der Waals surface area contributed by atoms with Gasteiger partial charge in [0.2, 0.25) is 5.91 Å². The van der Waals surface area contributed by atoms with Gasteiger partial charge in [0.05, 0.1) is 12.2 Å². The molecule has 0 fully saturated rings. The number of H-pyrrole nitrogens is 1. The van der Waals surface area contributed by atoms with Crippen molar-refractivity contribution in [2.45, 2.75) is 37.1 Å². The van der Waals surface area contributed by atoms with E-state index in [1.807, 2.05) is 38.1 Å². The second-order valence-corrected chi connectivity index (χ2v) is 8.15. The molecule has 6 nitrogen and oxygen atoms in total. The first-order valence-electron chi connectivity index (χ1n) is 9.89. The zero-order valence-electron chi connectivity index (χ0n) is 16.9. The topological polar surface area (TPSA) is 84.1 Å². The number of nitrogens with one attached hydrogen (secondary N) is 2. The Morgan fingerprint density at radius 2 is 1.90 bits per heavy atom. The molecule has 0 aliphatic carbocycles. The quantitative estimate of drug-likeness (QED) is 0.459. The van der Waals surface area contributed by atoms with Gasteiger partial charge in [-0.1, -0.05) is 59.8 Å². The molecule has 3 aromatic rings. The van der Waals surface area contributed by atoms with Gasteiger partial charge >= 0.3 is 0 Å². The minimum Gasteiger partial charge on any atom is -0.494 e. The standard InChI is InChI=1S/C23H23N3O3S/c1-3-29-18-7-5-4-6-16(18)17-12-19(27)24-21-20(17)22(28)26-23(25-21)30-13-15-10-8-14(2)9-11-15/h4-11,17H,3,12-13H2,1-2H3,(H2,24,25,26,27,28). The fourth-order valence-corrected chi connectivity index (χ4v) is 4.39. The van der Waals surface area contributed by atoms with Crippen LogP contribution in [0.4, 0.5) is 5.82 Å². The largest absolute Gasteiger partial charge is 0.494 e. The Hall–Kier alpha value is -3.06. The van der Waals surface area contributed by atoms with Crippen molar-refractivity contribution in [1.29, 1.82) is 0 Å². The summed E-state index contributed by atoms with van der Waals surface area (Å²) in [6, 6.07) is 15.8. The summed E-state index contributed by atoms with van der Waals surface area (Å²) >= 11 is 1.43. The molecule has 0 spiro atoms. The Morgan fingerprint density at radius 1 is 1.13 bits per heavy atom. The van der Waals surface area contributed by atoms with Gasteiger partial charge in [0.25, 0.3) is 5.56 Å². The van der Waals surface area contributed by atoms with Crippen molar-refractivity contribution >= 4 is 23.5 Å². The molecule has 4 rings (SSSR count). The number of benzene rings is 2. The van der Waals surface area contributed by atoms with Gasteiger partial charge in [0.1, 0.15) is 11.6 Å². The summed E-state index contributed by atoms with van der Waals surface area (Å²) in [5, 5.41) is 3.26. The van der Waals surface area contributed by atoms with Gasteiger partial charge in [-0.15, -0.1) is 0 Å². The van der Waals surface area contributed by atoms with E-state index in [1.54, 1.807) is 0 Å². The van der Waals surface area contributed by atoms with Gasteiger partial charge < -0.3 is 15.0 Å². The molecule has 1 aliphatic heterocycles. The van der Waals surface area contributed by atoms with E-state index in [2.05, 4.69) is 39.6 Å². The van der Waals surface area contributed by atoms with Gasteiger partial charge in [-0.25, -0.2) is 4.98 Å². The molecule has 0 bridgehead atoms. The number of ether oxygens (including phenoxy) is 1. The number of aromatic amines is 1. The lowest BCUT2D eigenvalue weighted by Gasteiger charge is -2.26. The summed E-state index contributed by atoms with van der Waals surface area (Å²) in [4.78, 5) is 32.8. The van der Waals surface area contributed by atoms with Crippen molar-refractivity contribution in [2.75, 3.05) is 11.9 Å². The summed E-state index contributed by atoms with van der Waals surface area (Å²) < 4.78 is 5.73. The molecule has 2 heterocycles. The highest BCUT2D eigenvalue weighted by Gasteiger charge is 2.32. The van der Waals surface area contributed by atoms with Crippen LogP contribution in [0.1, 0.15) is 41.5 Å². The number of thioether (sulfide) groups is 1. The van der Waals surface area contributed by atoms with Crippen molar-refractivity contribution in [2.24, 2.45) is 0 Å². The van der Waals surface area contributed by atoms with Crippen molar-refractivity contribution in [1.82, 2.24) is 9.97 Å². The third kappa shape index (κ3) is 4.26. The van der Waals surface area contributed by atoms with E-state index in [-0.39, 0.29) is 17.9 Å². The third-order valence-electron chi connectivity index (χ3n) is 5.02. The lowest BCUT2D eigenvalue weighted by molar-refractivity contribution is -0.116. The van der Waals surface area contributed by atoms with Crippen molar-refractivity contribution in [3.8, 4) is 5.75 Å². The van der Waals surface area contributed by atoms with E-state index < -0.39 is 5.92 Å². The average Bonchev–Trinajstić information content (AvgIpc) is 2.73. The number of nitrogens with zero attached hydrogens (tertiary/aromatic N) is 1. The molecule has 1 unspecified atom stereocenters. The van der Waals surface area contributed by atoms with Crippen molar-refractivity contribution in [3.05, 3.63) is 81.1 Å². The molecule has 154 valence electrons. The van der Waals surface area contributed by atoms with Crippen molar-refractivity contribution < 1.29 is 9.53 Å². The van der Waals surface area contributed by atoms with Gasteiger partial charge in [0.15, 0.2) is 5.16 Å². The van der Waals surface area contributed by atoms with E-state index >= 15 is 0 Å². The zero-order valence-corrected chi connectivity index (χ0v) is 17.7. The number of amides is 1. The fraction of sp³-hybridized carbons (Fsp3) is 0.261. The third-order valence-corrected chi connectivity index (χ3v) is 5.96. The maximum Gasteiger partial charge on any atom is 0.257 e. The number of aromatic nitrogens is 2. The molecule has 2 N–H and O–H groups in total. The molecular weight excluding hydrogens is 398 g/mol. The van der Waals surface area contributed by atoms with E-state index in [1.165, 1.54) is 17.3 Å². The lowest BCUT2D eigenvalue weighted by atomic mass is 9.86. The smallest absolute Gasteiger partial charge is 0.257 e. The second kappa shape index (κ2) is 8.75. The van der Waals surface area contributed by atoms with E-state index in [4.69, 9.17) is 4.74 Å². The summed E-state index contributed by atoms with van der Waals surface area (Å²) in [6.07, 6.45) is 0.178. The van der Waals surface area contributed by atoms with Crippen LogP contribution in [0.5, 0.6) is 5.75 Å². The maximum atomic E-state index is 13.0. The minimum absolute atomic E-state index is 0.161. The first-order valence-corrected chi connectivity index (χ1v) is 10.9. The van der Waals surface area contributed by atoms with Crippen LogP contribution in [-0.2, 0) is 10.5 Å². The van der Waals surface area contributed by atoms with Crippen LogP contribution >= 0.6 is 11.8 Å². The van der Waals surface area contributed by atoms with Gasteiger partial charge in [0, 0.05) is 23.7 Å². The number of rotatable bonds is 6. The minimum atomic E-state index is -0.399. The number of carbonyl (C=O) groups excluding carboxylic acids is 1. The predicted octanol–water partition coefficient (Wildman–Crippen LogP) is 4.24. The Morgan fingerprint density at radius 3 is 2.67 bits per heavy atom. The summed E-state index contributed by atoms with van der Waals surface area (Å²) in [5.74, 6) is 1.13. The molecule has 2 aromatic carbocycles. The fourth-order valence-electron chi connectivity index (χ4n) is 3.58. The molecule has 1 aliphatic rings. The number of aryl methyl sites for hydroxylation is 1. The lowest BCUT2D eigenvalue weighted by Crippen LogP contribution is -2.31. The number of hydrogen-bond donors (Lipinski definition) is 2. The average molecular weight is 422 g/mol. The molecule has 0 saturated carbocycles. The monoisotopic (exact) mass is 421 g/mol. The van der Waals surface area contributed by atoms with Crippen LogP contribution in [0.2, 0.25) is 0 Å². The summed E-state index contributed by atoms with van der Waals surface area (Å²) in [6.45, 7) is 4.46. The number of hydrogen-bond acceptors (Lipinski definition) is 5. The Kier molecular flexibility index (Phi) is 5.90. The number of anilines is 1. The second-order valence-electron chi connectivity index (χ2n) is 7.18. The number of para-hydroxylation sites is 1. The molecule has 7 heteroatoms. The highest BCUT2D eigenvalue weighted by atomic mass is 32.2. The van der Waals surface area contributed by atoms with Crippen LogP contribution in [0.3, 0.4) is 0 Å². The first-order chi connectivity index (χ1) is 14.5. The van der Waals surface area contributed by atoms with Crippen LogP contribution in [0.25, 0.3) is 0 Å². The van der Waals surface area contributed by atoms with Crippen LogP contribution in [0.15, 0.2) is 58.5 Å². The summed E-state index contributed by atoms with van der Waals surface area (Å²) in [5.41, 5.74) is 3.40. The van der Waals surface area contributed by atoms with Crippen molar-refractivity contribution in [3.63, 3.8) is 0 Å². The predicted molar refractivity (Wildman–Crippen MR) is 118 cm³/mol. The number of fused-ring (bicyclic) bond motifs is 1. The number of carbonyl (C=O) groups is 1. The summed E-state index contributed by atoms with van der Waals surface area (Å²) in [7, 11) is 0. The highest BCUT2D eigenvalue weighted by molar-refractivity contribution is 7.98. The van der Waals surface area contributed by atoms with E-state index in [9.17, 15) is 9.59 Å². The van der Waals surface area contributed by atoms with Crippen LogP contribution in [0, 0.1) is 6.92 Å². The van der Waals surface area contributed by atoms with E-state index in [0.717, 1.165) is 11.1 Å². The zero-order chi connectivity index (χ0) is 21.1. The first kappa shape index (κ1) is 20.2. The SMILES string of the molecule is CCOc1ccccc1C1CC(=O)Nc2nc(SCc3ccc(C)cc3)[nH]c(=O)c21.